The van der Waals surface area contributed by atoms with Crippen LogP contribution in [-0.4, -0.2) is 42.6 Å². The molecular weight excluding hydrogens is 374 g/mol. The standard InChI is InChI=1S/C20H25N5O2S/c1-12-6-7-14-15(9-12)28-19-17(14)18-22-25(20(27)24(18)11-21-19)10-16(26)23-8-4-3-5-13(23)2/h11-13H,3-10H2,1-2H3. The molecule has 4 heterocycles. The Morgan fingerprint density at radius 1 is 1.29 bits per heavy atom. The Morgan fingerprint density at radius 3 is 2.96 bits per heavy atom. The molecule has 1 aliphatic heterocycles. The zero-order chi connectivity index (χ0) is 19.4. The Hall–Kier alpha value is -2.22. The Bertz CT molecular complexity index is 1130. The van der Waals surface area contributed by atoms with Gasteiger partial charge in [-0.05, 0) is 56.9 Å². The highest BCUT2D eigenvalue weighted by molar-refractivity contribution is 7.19. The summed E-state index contributed by atoms with van der Waals surface area (Å²) in [5, 5.41) is 5.59. The summed E-state index contributed by atoms with van der Waals surface area (Å²) < 4.78 is 2.82. The van der Waals surface area contributed by atoms with Crippen LogP contribution in [0.4, 0.5) is 0 Å². The first-order chi connectivity index (χ1) is 13.5. The fraction of sp³-hybridized carbons (Fsp3) is 0.600. The number of hydrogen-bond donors (Lipinski definition) is 0. The van der Waals surface area contributed by atoms with Gasteiger partial charge in [-0.2, -0.15) is 0 Å². The molecule has 0 bridgehead atoms. The number of amides is 1. The van der Waals surface area contributed by atoms with Crippen molar-refractivity contribution < 1.29 is 4.79 Å². The third-order valence-electron chi connectivity index (χ3n) is 6.29. The van der Waals surface area contributed by atoms with Gasteiger partial charge in [-0.25, -0.2) is 18.9 Å². The summed E-state index contributed by atoms with van der Waals surface area (Å²) >= 11 is 1.72. The molecule has 2 unspecified atom stereocenters. The topological polar surface area (TPSA) is 72.5 Å². The van der Waals surface area contributed by atoms with Crippen molar-refractivity contribution in [2.45, 2.75) is 65.0 Å². The van der Waals surface area contributed by atoms with Crippen LogP contribution >= 0.6 is 11.3 Å². The molecule has 0 aromatic carbocycles. The average molecular weight is 400 g/mol. The first-order valence-corrected chi connectivity index (χ1v) is 11.0. The van der Waals surface area contributed by atoms with Crippen LogP contribution < -0.4 is 5.69 Å². The van der Waals surface area contributed by atoms with Gasteiger partial charge in [0.05, 0.1) is 5.39 Å². The van der Waals surface area contributed by atoms with E-state index in [0.717, 1.165) is 55.3 Å². The molecule has 7 nitrogen and oxygen atoms in total. The summed E-state index contributed by atoms with van der Waals surface area (Å²) in [6, 6.07) is 0.230. The number of aromatic nitrogens is 4. The highest BCUT2D eigenvalue weighted by Crippen LogP contribution is 2.38. The molecule has 1 saturated heterocycles. The normalized spacial score (nSPS) is 22.7. The summed E-state index contributed by atoms with van der Waals surface area (Å²) in [6.45, 7) is 5.12. The van der Waals surface area contributed by atoms with Crippen molar-refractivity contribution in [3.63, 3.8) is 0 Å². The zero-order valence-corrected chi connectivity index (χ0v) is 17.2. The van der Waals surface area contributed by atoms with Crippen molar-refractivity contribution in [1.29, 1.82) is 0 Å². The number of nitrogens with zero attached hydrogens (tertiary/aromatic N) is 5. The molecule has 3 aromatic heterocycles. The molecule has 28 heavy (non-hydrogen) atoms. The number of hydrogen-bond acceptors (Lipinski definition) is 5. The number of carbonyl (C=O) groups excluding carboxylic acids is 1. The highest BCUT2D eigenvalue weighted by atomic mass is 32.1. The maximum absolute atomic E-state index is 12.9. The maximum Gasteiger partial charge on any atom is 0.352 e. The molecule has 2 atom stereocenters. The summed E-state index contributed by atoms with van der Waals surface area (Å²) in [5.41, 5.74) is 1.65. The fourth-order valence-electron chi connectivity index (χ4n) is 4.65. The van der Waals surface area contributed by atoms with Gasteiger partial charge in [0.2, 0.25) is 5.91 Å². The van der Waals surface area contributed by atoms with Crippen molar-refractivity contribution in [3.05, 3.63) is 27.3 Å². The third-order valence-corrected chi connectivity index (χ3v) is 7.45. The van der Waals surface area contributed by atoms with Crippen molar-refractivity contribution in [2.75, 3.05) is 6.54 Å². The summed E-state index contributed by atoms with van der Waals surface area (Å²) in [5.74, 6) is 0.656. The second-order valence-corrected chi connectivity index (χ2v) is 9.43. The van der Waals surface area contributed by atoms with E-state index in [1.165, 1.54) is 19.5 Å². The molecule has 3 aromatic rings. The Labute approximate surface area is 167 Å². The molecular formula is C20H25N5O2S. The Balaban J connectivity index is 1.56. The van der Waals surface area contributed by atoms with Gasteiger partial charge in [-0.3, -0.25) is 4.79 Å². The number of thiophene rings is 1. The van der Waals surface area contributed by atoms with E-state index in [1.54, 1.807) is 17.7 Å². The quantitative estimate of drug-likeness (QED) is 0.664. The molecule has 5 rings (SSSR count). The highest BCUT2D eigenvalue weighted by Gasteiger charge is 2.26. The van der Waals surface area contributed by atoms with E-state index >= 15 is 0 Å². The molecule has 1 amide bonds. The van der Waals surface area contributed by atoms with Gasteiger partial charge in [-0.1, -0.05) is 6.92 Å². The fourth-order valence-corrected chi connectivity index (χ4v) is 6.00. The minimum atomic E-state index is -0.286. The van der Waals surface area contributed by atoms with E-state index in [0.29, 0.717) is 11.6 Å². The van der Waals surface area contributed by atoms with Gasteiger partial charge in [0.15, 0.2) is 5.65 Å². The van der Waals surface area contributed by atoms with Crippen molar-refractivity contribution in [3.8, 4) is 0 Å². The number of carbonyl (C=O) groups is 1. The van der Waals surface area contributed by atoms with E-state index < -0.39 is 0 Å². The van der Waals surface area contributed by atoms with Crippen molar-refractivity contribution in [1.82, 2.24) is 24.1 Å². The minimum Gasteiger partial charge on any atom is -0.338 e. The number of piperidine rings is 1. The van der Waals surface area contributed by atoms with E-state index in [9.17, 15) is 9.59 Å². The van der Waals surface area contributed by atoms with Gasteiger partial charge in [0, 0.05) is 17.5 Å². The lowest BCUT2D eigenvalue weighted by Crippen LogP contribution is -2.44. The van der Waals surface area contributed by atoms with Crippen LogP contribution in [0.1, 0.15) is 50.0 Å². The molecule has 0 saturated carbocycles. The molecule has 1 fully saturated rings. The largest absolute Gasteiger partial charge is 0.352 e. The molecule has 148 valence electrons. The van der Waals surface area contributed by atoms with Crippen LogP contribution in [0.25, 0.3) is 15.9 Å². The van der Waals surface area contributed by atoms with Crippen LogP contribution in [0, 0.1) is 5.92 Å². The zero-order valence-electron chi connectivity index (χ0n) is 16.3. The summed E-state index contributed by atoms with van der Waals surface area (Å²) in [7, 11) is 0. The van der Waals surface area contributed by atoms with Gasteiger partial charge in [0.25, 0.3) is 0 Å². The Morgan fingerprint density at radius 2 is 2.14 bits per heavy atom. The van der Waals surface area contributed by atoms with Gasteiger partial charge >= 0.3 is 5.69 Å². The van der Waals surface area contributed by atoms with Crippen molar-refractivity contribution >= 4 is 33.1 Å². The summed E-state index contributed by atoms with van der Waals surface area (Å²) in [6.07, 6.45) is 7.99. The molecule has 8 heteroatoms. The van der Waals surface area contributed by atoms with E-state index in [-0.39, 0.29) is 24.2 Å². The van der Waals surface area contributed by atoms with Gasteiger partial charge < -0.3 is 4.90 Å². The lowest BCUT2D eigenvalue weighted by molar-refractivity contribution is -0.135. The van der Waals surface area contributed by atoms with E-state index in [1.807, 2.05) is 4.90 Å². The van der Waals surface area contributed by atoms with Gasteiger partial charge in [-0.15, -0.1) is 16.4 Å². The predicted octanol–water partition coefficient (Wildman–Crippen LogP) is 2.63. The van der Waals surface area contributed by atoms with Crippen LogP contribution in [0.15, 0.2) is 11.1 Å². The predicted molar refractivity (Wildman–Crippen MR) is 109 cm³/mol. The van der Waals surface area contributed by atoms with E-state index in [2.05, 4.69) is 23.9 Å². The van der Waals surface area contributed by atoms with Crippen LogP contribution in [-0.2, 0) is 24.2 Å². The average Bonchev–Trinajstić information content (AvgIpc) is 3.19. The lowest BCUT2D eigenvalue weighted by atomic mass is 9.89. The first-order valence-electron chi connectivity index (χ1n) is 10.2. The van der Waals surface area contributed by atoms with Gasteiger partial charge in [0.1, 0.15) is 17.7 Å². The van der Waals surface area contributed by atoms with Crippen LogP contribution in [0.2, 0.25) is 0 Å². The van der Waals surface area contributed by atoms with Crippen LogP contribution in [0.3, 0.4) is 0 Å². The molecule has 2 aliphatic rings. The van der Waals surface area contributed by atoms with Crippen molar-refractivity contribution in [2.24, 2.45) is 5.92 Å². The molecule has 1 aliphatic carbocycles. The number of likely N-dealkylation sites (tertiary alicyclic amines) is 1. The Kier molecular flexibility index (Phi) is 4.26. The third kappa shape index (κ3) is 2.77. The maximum atomic E-state index is 12.9. The number of rotatable bonds is 2. The number of fused-ring (bicyclic) bond motifs is 5. The number of aryl methyl sites for hydroxylation is 1. The van der Waals surface area contributed by atoms with E-state index in [4.69, 9.17) is 0 Å². The lowest BCUT2D eigenvalue weighted by Gasteiger charge is -2.33. The molecule has 0 spiro atoms. The smallest absolute Gasteiger partial charge is 0.338 e. The van der Waals surface area contributed by atoms with Crippen LogP contribution in [0.5, 0.6) is 0 Å². The molecule has 0 N–H and O–H groups in total. The minimum absolute atomic E-state index is 0.00426. The second-order valence-electron chi connectivity index (χ2n) is 8.34. The second kappa shape index (κ2) is 6.69. The monoisotopic (exact) mass is 399 g/mol. The summed E-state index contributed by atoms with van der Waals surface area (Å²) in [4.78, 5) is 34.4. The SMILES string of the molecule is CC1CCc2c(sc3ncn4c(=O)n(CC(=O)N5CCCCC5C)nc4c23)C1. The first kappa shape index (κ1) is 17.8. The molecule has 0 radical (unpaired) electrons.